The lowest BCUT2D eigenvalue weighted by molar-refractivity contribution is -0.128. The molecule has 0 saturated carbocycles. The number of piperazine rings is 1. The van der Waals surface area contributed by atoms with Gasteiger partial charge in [0.1, 0.15) is 5.75 Å². The van der Waals surface area contributed by atoms with Crippen LogP contribution >= 0.6 is 11.6 Å². The predicted octanol–water partition coefficient (Wildman–Crippen LogP) is 3.21. The molecule has 0 aromatic heterocycles. The molecule has 2 atom stereocenters. The van der Waals surface area contributed by atoms with Crippen LogP contribution < -0.4 is 10.1 Å². The van der Waals surface area contributed by atoms with Crippen LogP contribution in [-0.2, 0) is 4.79 Å². The summed E-state index contributed by atoms with van der Waals surface area (Å²) in [5, 5.41) is 3.82. The third kappa shape index (κ3) is 5.96. The summed E-state index contributed by atoms with van der Waals surface area (Å²) in [7, 11) is 2.14. The number of hydrogen-bond acceptors (Lipinski definition) is 4. The summed E-state index contributed by atoms with van der Waals surface area (Å²) in [5.74, 6) is 0.500. The highest BCUT2D eigenvalue weighted by Crippen LogP contribution is 2.19. The second-order valence-corrected chi connectivity index (χ2v) is 7.73. The molecular weight excluding hydrogens is 374 g/mol. The predicted molar refractivity (Wildman–Crippen MR) is 113 cm³/mol. The van der Waals surface area contributed by atoms with E-state index in [2.05, 4.69) is 34.3 Å². The average molecular weight is 402 g/mol. The highest BCUT2D eigenvalue weighted by molar-refractivity contribution is 6.30. The third-order valence-electron chi connectivity index (χ3n) is 5.05. The van der Waals surface area contributed by atoms with Gasteiger partial charge in [-0.2, -0.15) is 0 Å². The lowest BCUT2D eigenvalue weighted by atomic mass is 10.1. The monoisotopic (exact) mass is 401 g/mol. The third-order valence-corrected chi connectivity index (χ3v) is 5.30. The largest absolute Gasteiger partial charge is 0.481 e. The molecule has 0 spiro atoms. The molecule has 3 rings (SSSR count). The summed E-state index contributed by atoms with van der Waals surface area (Å²) >= 11 is 5.91. The van der Waals surface area contributed by atoms with E-state index in [4.69, 9.17) is 16.3 Å². The van der Waals surface area contributed by atoms with Gasteiger partial charge >= 0.3 is 0 Å². The Hall–Kier alpha value is -2.08. The first-order chi connectivity index (χ1) is 13.5. The lowest BCUT2D eigenvalue weighted by Gasteiger charge is -2.35. The van der Waals surface area contributed by atoms with Gasteiger partial charge in [0, 0.05) is 37.7 Å². The van der Waals surface area contributed by atoms with E-state index in [1.165, 1.54) is 0 Å². The number of nitrogens with one attached hydrogen (secondary N) is 1. The Morgan fingerprint density at radius 2 is 1.71 bits per heavy atom. The zero-order valence-electron chi connectivity index (χ0n) is 16.5. The summed E-state index contributed by atoms with van der Waals surface area (Å²) in [6.07, 6.45) is -0.597. The van der Waals surface area contributed by atoms with E-state index in [-0.39, 0.29) is 11.9 Å². The first-order valence-corrected chi connectivity index (χ1v) is 10.1. The second kappa shape index (κ2) is 9.92. The number of amides is 1. The Morgan fingerprint density at radius 3 is 2.36 bits per heavy atom. The van der Waals surface area contributed by atoms with Crippen molar-refractivity contribution in [1.29, 1.82) is 0 Å². The Kier molecular flexibility index (Phi) is 7.31. The standard InChI is InChI=1S/C22H28ClN3O2/c1-17(28-20-10-8-19(23)9-11-20)22(27)24-21(18-6-4-3-5-7-18)16-26-14-12-25(2)13-15-26/h3-11,17,21H,12-16H2,1-2H3,(H,24,27). The first-order valence-electron chi connectivity index (χ1n) is 9.69. The van der Waals surface area contributed by atoms with Gasteiger partial charge in [-0.15, -0.1) is 0 Å². The number of halogens is 1. The molecule has 1 saturated heterocycles. The van der Waals surface area contributed by atoms with Gasteiger partial charge in [0.05, 0.1) is 6.04 Å². The van der Waals surface area contributed by atoms with E-state index in [0.717, 1.165) is 38.3 Å². The van der Waals surface area contributed by atoms with Crippen molar-refractivity contribution in [3.05, 3.63) is 65.2 Å². The molecule has 1 aliphatic rings. The van der Waals surface area contributed by atoms with E-state index >= 15 is 0 Å². The highest BCUT2D eigenvalue weighted by atomic mass is 35.5. The van der Waals surface area contributed by atoms with Crippen LogP contribution in [0.1, 0.15) is 18.5 Å². The summed E-state index contributed by atoms with van der Waals surface area (Å²) < 4.78 is 5.78. The van der Waals surface area contributed by atoms with Crippen LogP contribution in [-0.4, -0.2) is 61.6 Å². The molecule has 5 nitrogen and oxygen atoms in total. The molecule has 0 bridgehead atoms. The number of benzene rings is 2. The quantitative estimate of drug-likeness (QED) is 0.773. The minimum Gasteiger partial charge on any atom is -0.481 e. The zero-order chi connectivity index (χ0) is 19.9. The van der Waals surface area contributed by atoms with Crippen LogP contribution in [0.2, 0.25) is 5.02 Å². The molecule has 0 radical (unpaired) electrons. The molecule has 1 amide bonds. The Bertz CT molecular complexity index is 746. The molecule has 1 N–H and O–H groups in total. The van der Waals surface area contributed by atoms with Crippen LogP contribution in [0.25, 0.3) is 0 Å². The van der Waals surface area contributed by atoms with Crippen molar-refractivity contribution in [3.63, 3.8) is 0 Å². The van der Waals surface area contributed by atoms with Crippen molar-refractivity contribution < 1.29 is 9.53 Å². The van der Waals surface area contributed by atoms with Crippen molar-refractivity contribution in [2.24, 2.45) is 0 Å². The minimum absolute atomic E-state index is 0.0756. The van der Waals surface area contributed by atoms with Crippen molar-refractivity contribution in [1.82, 2.24) is 15.1 Å². The van der Waals surface area contributed by atoms with Gasteiger partial charge in [0.2, 0.25) is 0 Å². The van der Waals surface area contributed by atoms with E-state index in [1.807, 2.05) is 18.2 Å². The summed E-state index contributed by atoms with van der Waals surface area (Å²) in [4.78, 5) is 17.5. The van der Waals surface area contributed by atoms with E-state index in [0.29, 0.717) is 10.8 Å². The van der Waals surface area contributed by atoms with Gasteiger partial charge in [-0.25, -0.2) is 0 Å². The van der Waals surface area contributed by atoms with Gasteiger partial charge in [-0.05, 0) is 43.8 Å². The maximum atomic E-state index is 12.8. The molecule has 1 aliphatic heterocycles. The number of rotatable bonds is 7. The van der Waals surface area contributed by atoms with Gasteiger partial charge in [0.15, 0.2) is 6.10 Å². The topological polar surface area (TPSA) is 44.8 Å². The zero-order valence-corrected chi connectivity index (χ0v) is 17.2. The minimum atomic E-state index is -0.597. The molecule has 6 heteroatoms. The van der Waals surface area contributed by atoms with E-state index in [1.54, 1.807) is 31.2 Å². The van der Waals surface area contributed by atoms with Crippen LogP contribution in [0, 0.1) is 0 Å². The number of likely N-dealkylation sites (N-methyl/N-ethyl adjacent to an activating group) is 1. The maximum Gasteiger partial charge on any atom is 0.261 e. The second-order valence-electron chi connectivity index (χ2n) is 7.29. The van der Waals surface area contributed by atoms with Crippen molar-refractivity contribution in [2.75, 3.05) is 39.8 Å². The summed E-state index contributed by atoms with van der Waals surface area (Å²) in [6, 6.07) is 17.1. The highest BCUT2D eigenvalue weighted by Gasteiger charge is 2.24. The Balaban J connectivity index is 1.64. The van der Waals surface area contributed by atoms with E-state index in [9.17, 15) is 4.79 Å². The number of ether oxygens (including phenoxy) is 1. The molecule has 1 fully saturated rings. The molecule has 28 heavy (non-hydrogen) atoms. The fourth-order valence-corrected chi connectivity index (χ4v) is 3.39. The molecule has 0 aliphatic carbocycles. The molecule has 150 valence electrons. The lowest BCUT2D eigenvalue weighted by Crippen LogP contribution is -2.49. The molecule has 2 aromatic carbocycles. The van der Waals surface area contributed by atoms with Crippen LogP contribution in [0.15, 0.2) is 54.6 Å². The van der Waals surface area contributed by atoms with E-state index < -0.39 is 6.10 Å². The fraction of sp³-hybridized carbons (Fsp3) is 0.409. The van der Waals surface area contributed by atoms with Crippen molar-refractivity contribution in [2.45, 2.75) is 19.1 Å². The summed E-state index contributed by atoms with van der Waals surface area (Å²) in [5.41, 5.74) is 1.11. The molecule has 1 heterocycles. The number of hydrogen-bond donors (Lipinski definition) is 1. The van der Waals surface area contributed by atoms with Gasteiger partial charge < -0.3 is 15.0 Å². The Labute approximate surface area is 172 Å². The first kappa shape index (κ1) is 20.6. The SMILES string of the molecule is CC(Oc1ccc(Cl)cc1)C(=O)NC(CN1CCN(C)CC1)c1ccccc1. The van der Waals surface area contributed by atoms with Crippen molar-refractivity contribution >= 4 is 17.5 Å². The van der Waals surface area contributed by atoms with Gasteiger partial charge in [-0.1, -0.05) is 41.9 Å². The molecule has 2 aromatic rings. The van der Waals surface area contributed by atoms with Crippen molar-refractivity contribution in [3.8, 4) is 5.75 Å². The van der Waals surface area contributed by atoms with Crippen LogP contribution in [0.3, 0.4) is 0 Å². The Morgan fingerprint density at radius 1 is 1.07 bits per heavy atom. The van der Waals surface area contributed by atoms with Gasteiger partial charge in [-0.3, -0.25) is 9.69 Å². The maximum absolute atomic E-state index is 12.8. The smallest absolute Gasteiger partial charge is 0.261 e. The molecular formula is C22H28ClN3O2. The van der Waals surface area contributed by atoms with Crippen LogP contribution in [0.5, 0.6) is 5.75 Å². The summed E-state index contributed by atoms with van der Waals surface area (Å²) in [6.45, 7) is 6.66. The number of carbonyl (C=O) groups is 1. The van der Waals surface area contributed by atoms with Crippen LogP contribution in [0.4, 0.5) is 0 Å². The molecule has 2 unspecified atom stereocenters. The number of carbonyl (C=O) groups excluding carboxylic acids is 1. The fourth-order valence-electron chi connectivity index (χ4n) is 3.27. The average Bonchev–Trinajstić information content (AvgIpc) is 2.71. The van der Waals surface area contributed by atoms with Gasteiger partial charge in [0.25, 0.3) is 5.91 Å². The normalized spacial score (nSPS) is 17.7. The number of nitrogens with zero attached hydrogens (tertiary/aromatic N) is 2.